The minimum atomic E-state index is -2.53. The normalized spacial score (nSPS) is 17.2. The third-order valence-corrected chi connectivity index (χ3v) is 5.62. The summed E-state index contributed by atoms with van der Waals surface area (Å²) in [5.74, 6) is -1.91. The second-order valence-electron chi connectivity index (χ2n) is 7.39. The van der Waals surface area contributed by atoms with Crippen LogP contribution in [-0.4, -0.2) is 42.0 Å². The van der Waals surface area contributed by atoms with Crippen LogP contribution in [0.1, 0.15) is 25.7 Å². The minimum absolute atomic E-state index is 0.0588. The van der Waals surface area contributed by atoms with Gasteiger partial charge in [-0.05, 0) is 37.0 Å². The second kappa shape index (κ2) is 6.91. The molecule has 5 rings (SSSR count). The number of imidazole rings is 1. The molecule has 4 aromatic rings. The van der Waals surface area contributed by atoms with Crippen LogP contribution in [0.25, 0.3) is 28.1 Å². The van der Waals surface area contributed by atoms with E-state index in [1.807, 2.05) is 18.2 Å². The van der Waals surface area contributed by atoms with Crippen LogP contribution in [-0.2, 0) is 0 Å². The molecule has 0 unspecified atom stereocenters. The lowest BCUT2D eigenvalue weighted by Gasteiger charge is -2.28. The van der Waals surface area contributed by atoms with Crippen molar-refractivity contribution in [2.24, 2.45) is 5.92 Å². The van der Waals surface area contributed by atoms with Gasteiger partial charge < -0.3 is 10.3 Å². The molecular weight excluding hydrogens is 400 g/mol. The van der Waals surface area contributed by atoms with E-state index in [0.717, 1.165) is 5.39 Å². The van der Waals surface area contributed by atoms with Gasteiger partial charge in [0.15, 0.2) is 10.8 Å². The smallest absolute Gasteiger partial charge is 0.248 e. The molecule has 29 heavy (non-hydrogen) atoms. The van der Waals surface area contributed by atoms with E-state index in [2.05, 4.69) is 30.4 Å². The molecule has 0 radical (unpaired) electrons. The standard InChI is InChI=1S/C19H18ClF2N7/c20-14-10-24-15-2-1-13(28-29(14)15)16-12-5-8-23-17(12)27-18(26-16)25-9-11-3-6-19(21,22)7-4-11/h1-2,5,8,10-11H,3-4,6-7,9H2,(H2,23,25,26,27). The fourth-order valence-corrected chi connectivity index (χ4v) is 3.90. The predicted molar refractivity (Wildman–Crippen MR) is 106 cm³/mol. The van der Waals surface area contributed by atoms with Crippen LogP contribution in [0, 0.1) is 5.92 Å². The van der Waals surface area contributed by atoms with Gasteiger partial charge in [-0.15, -0.1) is 0 Å². The van der Waals surface area contributed by atoms with Crippen LogP contribution in [0.5, 0.6) is 0 Å². The van der Waals surface area contributed by atoms with Crippen LogP contribution in [0.3, 0.4) is 0 Å². The molecule has 7 nitrogen and oxygen atoms in total. The maximum absolute atomic E-state index is 13.4. The van der Waals surface area contributed by atoms with E-state index in [9.17, 15) is 8.78 Å². The lowest BCUT2D eigenvalue weighted by molar-refractivity contribution is -0.0443. The van der Waals surface area contributed by atoms with E-state index < -0.39 is 5.92 Å². The Bertz CT molecular complexity index is 1180. The summed E-state index contributed by atoms with van der Waals surface area (Å²) in [6, 6.07) is 5.55. The van der Waals surface area contributed by atoms with Gasteiger partial charge in [0.05, 0.1) is 6.20 Å². The van der Waals surface area contributed by atoms with Gasteiger partial charge in [0.2, 0.25) is 11.9 Å². The molecule has 0 amide bonds. The average Bonchev–Trinajstić information content (AvgIpc) is 3.33. The van der Waals surface area contributed by atoms with Crippen LogP contribution >= 0.6 is 11.6 Å². The van der Waals surface area contributed by atoms with Gasteiger partial charge in [0.1, 0.15) is 17.0 Å². The summed E-state index contributed by atoms with van der Waals surface area (Å²) < 4.78 is 28.3. The summed E-state index contributed by atoms with van der Waals surface area (Å²) in [5.41, 5.74) is 2.60. The number of nitrogens with one attached hydrogen (secondary N) is 2. The number of hydrogen-bond donors (Lipinski definition) is 2. The zero-order valence-corrected chi connectivity index (χ0v) is 16.1. The number of H-pyrrole nitrogens is 1. The molecule has 0 bridgehead atoms. The number of halogens is 3. The first-order valence-electron chi connectivity index (χ1n) is 9.46. The van der Waals surface area contributed by atoms with Gasteiger partial charge in [-0.2, -0.15) is 10.1 Å². The van der Waals surface area contributed by atoms with Crippen molar-refractivity contribution >= 4 is 34.2 Å². The fraction of sp³-hybridized carbons (Fsp3) is 0.368. The minimum Gasteiger partial charge on any atom is -0.354 e. The summed E-state index contributed by atoms with van der Waals surface area (Å²) >= 11 is 6.15. The number of hydrogen-bond acceptors (Lipinski definition) is 5. The Morgan fingerprint density at radius 1 is 1.21 bits per heavy atom. The molecule has 0 saturated heterocycles. The van der Waals surface area contributed by atoms with Crippen LogP contribution < -0.4 is 5.32 Å². The molecule has 10 heteroatoms. The number of anilines is 1. The Morgan fingerprint density at radius 2 is 2.03 bits per heavy atom. The molecule has 1 aliphatic carbocycles. The first kappa shape index (κ1) is 18.2. The zero-order valence-electron chi connectivity index (χ0n) is 15.4. The molecule has 1 aliphatic rings. The molecular formula is C19H18ClF2N7. The van der Waals surface area contributed by atoms with Gasteiger partial charge in [0, 0.05) is 31.0 Å². The fourth-order valence-electron chi connectivity index (χ4n) is 3.73. The number of aromatic amines is 1. The van der Waals surface area contributed by atoms with Crippen molar-refractivity contribution in [1.82, 2.24) is 29.5 Å². The van der Waals surface area contributed by atoms with Gasteiger partial charge in [-0.25, -0.2) is 23.3 Å². The number of nitrogens with zero attached hydrogens (tertiary/aromatic N) is 5. The average molecular weight is 418 g/mol. The van der Waals surface area contributed by atoms with Crippen molar-refractivity contribution in [1.29, 1.82) is 0 Å². The molecule has 150 valence electrons. The SMILES string of the molecule is FC1(F)CCC(CNc2nc(-c3ccc4ncc(Cl)n4n3)c3cc[nH]c3n2)CC1. The van der Waals surface area contributed by atoms with Crippen LogP contribution in [0.4, 0.5) is 14.7 Å². The molecule has 0 aliphatic heterocycles. The van der Waals surface area contributed by atoms with E-state index in [4.69, 9.17) is 11.6 Å². The summed E-state index contributed by atoms with van der Waals surface area (Å²) in [6.45, 7) is 0.557. The lowest BCUT2D eigenvalue weighted by atomic mass is 9.87. The van der Waals surface area contributed by atoms with E-state index in [1.165, 1.54) is 0 Å². The molecule has 1 fully saturated rings. The van der Waals surface area contributed by atoms with Crippen molar-refractivity contribution < 1.29 is 8.78 Å². The van der Waals surface area contributed by atoms with Gasteiger partial charge in [-0.3, -0.25) is 0 Å². The van der Waals surface area contributed by atoms with E-state index in [0.29, 0.717) is 53.2 Å². The largest absolute Gasteiger partial charge is 0.354 e. The Hall–Kier alpha value is -2.81. The molecule has 1 saturated carbocycles. The predicted octanol–water partition coefficient (Wildman–Crippen LogP) is 4.56. The van der Waals surface area contributed by atoms with Gasteiger partial charge in [0.25, 0.3) is 0 Å². The van der Waals surface area contributed by atoms with Gasteiger partial charge in [-0.1, -0.05) is 11.6 Å². The van der Waals surface area contributed by atoms with Crippen LogP contribution in [0.15, 0.2) is 30.6 Å². The quantitative estimate of drug-likeness (QED) is 0.508. The Balaban J connectivity index is 1.44. The highest BCUT2D eigenvalue weighted by Crippen LogP contribution is 2.36. The Labute approximate surface area is 169 Å². The lowest BCUT2D eigenvalue weighted by Crippen LogP contribution is -2.28. The van der Waals surface area contributed by atoms with E-state index >= 15 is 0 Å². The summed E-state index contributed by atoms with van der Waals surface area (Å²) in [4.78, 5) is 16.4. The molecule has 0 atom stereocenters. The third-order valence-electron chi connectivity index (χ3n) is 5.36. The first-order valence-corrected chi connectivity index (χ1v) is 9.84. The summed E-state index contributed by atoms with van der Waals surface area (Å²) in [7, 11) is 0. The van der Waals surface area contributed by atoms with Crippen molar-refractivity contribution in [2.75, 3.05) is 11.9 Å². The van der Waals surface area contributed by atoms with Crippen molar-refractivity contribution in [3.05, 3.63) is 35.7 Å². The maximum atomic E-state index is 13.4. The first-order chi connectivity index (χ1) is 14.0. The number of fused-ring (bicyclic) bond motifs is 2. The summed E-state index contributed by atoms with van der Waals surface area (Å²) in [6.07, 6.45) is 4.20. The highest BCUT2D eigenvalue weighted by atomic mass is 35.5. The third kappa shape index (κ3) is 3.50. The number of alkyl halides is 2. The maximum Gasteiger partial charge on any atom is 0.248 e. The van der Waals surface area contributed by atoms with Crippen LogP contribution in [0.2, 0.25) is 5.15 Å². The molecule has 0 aromatic carbocycles. The van der Waals surface area contributed by atoms with Gasteiger partial charge >= 0.3 is 0 Å². The van der Waals surface area contributed by atoms with Crippen molar-refractivity contribution in [2.45, 2.75) is 31.6 Å². The molecule has 0 spiro atoms. The topological polar surface area (TPSA) is 83.8 Å². The summed E-state index contributed by atoms with van der Waals surface area (Å²) in [5, 5.41) is 9.01. The highest BCUT2D eigenvalue weighted by molar-refractivity contribution is 6.29. The van der Waals surface area contributed by atoms with Crippen molar-refractivity contribution in [3.8, 4) is 11.4 Å². The monoisotopic (exact) mass is 417 g/mol. The van der Waals surface area contributed by atoms with Crippen molar-refractivity contribution in [3.63, 3.8) is 0 Å². The number of aromatic nitrogens is 6. The molecule has 4 aromatic heterocycles. The van der Waals surface area contributed by atoms with E-state index in [-0.39, 0.29) is 18.8 Å². The molecule has 2 N–H and O–H groups in total. The Morgan fingerprint density at radius 3 is 2.86 bits per heavy atom. The highest BCUT2D eigenvalue weighted by Gasteiger charge is 2.34. The second-order valence-corrected chi connectivity index (χ2v) is 7.77. The molecule has 4 heterocycles. The van der Waals surface area contributed by atoms with E-state index in [1.54, 1.807) is 16.9 Å². The zero-order chi connectivity index (χ0) is 20.0. The number of rotatable bonds is 4. The Kier molecular flexibility index (Phi) is 4.34.